The maximum Gasteiger partial charge on any atom is 0.262 e. The molecule has 0 saturated carbocycles. The lowest BCUT2D eigenvalue weighted by Crippen LogP contribution is -1.92. The van der Waals surface area contributed by atoms with E-state index in [-0.39, 0.29) is 9.37 Å². The van der Waals surface area contributed by atoms with Crippen LogP contribution < -0.4 is 0 Å². The normalized spacial score (nSPS) is 11.6. The molecule has 0 saturated heterocycles. The predicted molar refractivity (Wildman–Crippen MR) is 47.1 cm³/mol. The molecule has 0 N–H and O–H groups in total. The first-order chi connectivity index (χ1) is 5.41. The van der Waals surface area contributed by atoms with Gasteiger partial charge in [0.15, 0.2) is 0 Å². The van der Waals surface area contributed by atoms with Crippen LogP contribution in [0.4, 0.5) is 4.39 Å². The van der Waals surface area contributed by atoms with Gasteiger partial charge in [0.05, 0.1) is 4.90 Å². The maximum atomic E-state index is 12.5. The van der Waals surface area contributed by atoms with Crippen molar-refractivity contribution in [1.29, 1.82) is 0 Å². The highest BCUT2D eigenvalue weighted by molar-refractivity contribution is 9.10. The van der Waals surface area contributed by atoms with Crippen LogP contribution in [0.1, 0.15) is 0 Å². The second-order valence-electron chi connectivity index (χ2n) is 2.01. The molecule has 0 aromatic heterocycles. The highest BCUT2D eigenvalue weighted by atomic mass is 79.9. The molecule has 0 bridgehead atoms. The molecule has 1 rings (SSSR count). The van der Waals surface area contributed by atoms with E-state index in [0.717, 1.165) is 12.1 Å². The van der Waals surface area contributed by atoms with Crippen LogP contribution in [0, 0.1) is 5.82 Å². The standard InChI is InChI=1S/C6H3BrClFO2S/c7-5-2-1-4(9)3-6(5)12(8,10)11/h1-3H. The molecule has 0 heterocycles. The Morgan fingerprint density at radius 3 is 2.42 bits per heavy atom. The summed E-state index contributed by atoms with van der Waals surface area (Å²) >= 11 is 2.94. The summed E-state index contributed by atoms with van der Waals surface area (Å²) in [6, 6.07) is 3.27. The Labute approximate surface area is 81.9 Å². The molecule has 2 nitrogen and oxygen atoms in total. The zero-order valence-electron chi connectivity index (χ0n) is 5.59. The van der Waals surface area contributed by atoms with Gasteiger partial charge in [-0.1, -0.05) is 0 Å². The molecule has 0 fully saturated rings. The van der Waals surface area contributed by atoms with E-state index in [1.54, 1.807) is 0 Å². The Bertz CT molecular complexity index is 404. The summed E-state index contributed by atoms with van der Waals surface area (Å²) in [5.74, 6) is -0.641. The molecular weight excluding hydrogens is 270 g/mol. The first kappa shape index (κ1) is 9.95. The van der Waals surface area contributed by atoms with Crippen LogP contribution in [0.2, 0.25) is 0 Å². The molecule has 6 heteroatoms. The van der Waals surface area contributed by atoms with E-state index in [0.29, 0.717) is 0 Å². The number of halogens is 3. The van der Waals surface area contributed by atoms with Gasteiger partial charge < -0.3 is 0 Å². The van der Waals surface area contributed by atoms with Gasteiger partial charge in [0.25, 0.3) is 9.05 Å². The average Bonchev–Trinajstić information content (AvgIpc) is 1.92. The Morgan fingerprint density at radius 2 is 2.00 bits per heavy atom. The predicted octanol–water partition coefficient (Wildman–Crippen LogP) is 2.52. The number of hydrogen-bond acceptors (Lipinski definition) is 2. The van der Waals surface area contributed by atoms with Crippen molar-refractivity contribution < 1.29 is 12.8 Å². The Balaban J connectivity index is 3.43. The van der Waals surface area contributed by atoms with Crippen LogP contribution in [-0.2, 0) is 9.05 Å². The highest BCUT2D eigenvalue weighted by Crippen LogP contribution is 2.25. The smallest absolute Gasteiger partial charge is 0.207 e. The van der Waals surface area contributed by atoms with E-state index >= 15 is 0 Å². The lowest BCUT2D eigenvalue weighted by Gasteiger charge is -1.98. The molecule has 1 aromatic rings. The van der Waals surface area contributed by atoms with Crippen molar-refractivity contribution in [3.8, 4) is 0 Å². The summed E-state index contributed by atoms with van der Waals surface area (Å²) in [7, 11) is 1.14. The summed E-state index contributed by atoms with van der Waals surface area (Å²) in [4.78, 5) is -0.260. The van der Waals surface area contributed by atoms with Gasteiger partial charge in [-0.05, 0) is 34.1 Å². The molecule has 12 heavy (non-hydrogen) atoms. The molecule has 0 amide bonds. The summed E-state index contributed by atoms with van der Waals surface area (Å²) in [6.45, 7) is 0. The lowest BCUT2D eigenvalue weighted by molar-refractivity contribution is 0.601. The van der Waals surface area contributed by atoms with Crippen LogP contribution in [-0.4, -0.2) is 8.42 Å². The van der Waals surface area contributed by atoms with Crippen molar-refractivity contribution in [2.75, 3.05) is 0 Å². The van der Waals surface area contributed by atoms with Crippen molar-refractivity contribution in [2.45, 2.75) is 4.90 Å². The van der Waals surface area contributed by atoms with E-state index in [2.05, 4.69) is 15.9 Å². The average molecular weight is 274 g/mol. The summed E-state index contributed by atoms with van der Waals surface area (Å²) in [5, 5.41) is 0. The third kappa shape index (κ3) is 2.18. The molecule has 0 aliphatic rings. The van der Waals surface area contributed by atoms with Gasteiger partial charge >= 0.3 is 0 Å². The Hall–Kier alpha value is -0.130. The van der Waals surface area contributed by atoms with Crippen LogP contribution in [0.25, 0.3) is 0 Å². The number of benzene rings is 1. The molecule has 0 atom stereocenters. The zero-order chi connectivity index (χ0) is 9.35. The molecule has 0 unspecified atom stereocenters. The van der Waals surface area contributed by atoms with Gasteiger partial charge in [-0.15, -0.1) is 0 Å². The minimum atomic E-state index is -3.87. The largest absolute Gasteiger partial charge is 0.262 e. The van der Waals surface area contributed by atoms with Crippen LogP contribution >= 0.6 is 26.6 Å². The van der Waals surface area contributed by atoms with E-state index in [4.69, 9.17) is 10.7 Å². The third-order valence-electron chi connectivity index (χ3n) is 1.16. The molecule has 0 spiro atoms. The van der Waals surface area contributed by atoms with E-state index in [9.17, 15) is 12.8 Å². The second kappa shape index (κ2) is 3.32. The molecule has 66 valence electrons. The summed E-state index contributed by atoms with van der Waals surface area (Å²) < 4.78 is 34.3. The first-order valence-corrected chi connectivity index (χ1v) is 5.91. The quantitative estimate of drug-likeness (QED) is 0.737. The fraction of sp³-hybridized carbons (Fsp3) is 0. The SMILES string of the molecule is O=S(=O)(Cl)c1cc(F)ccc1Br. The van der Waals surface area contributed by atoms with Crippen LogP contribution in [0.15, 0.2) is 27.6 Å². The van der Waals surface area contributed by atoms with Gasteiger partial charge in [-0.3, -0.25) is 0 Å². The highest BCUT2D eigenvalue weighted by Gasteiger charge is 2.14. The van der Waals surface area contributed by atoms with E-state index in [1.807, 2.05) is 0 Å². The number of rotatable bonds is 1. The lowest BCUT2D eigenvalue weighted by atomic mass is 10.3. The Kier molecular flexibility index (Phi) is 2.75. The van der Waals surface area contributed by atoms with Crippen molar-refractivity contribution in [3.05, 3.63) is 28.5 Å². The fourth-order valence-electron chi connectivity index (χ4n) is 0.664. The van der Waals surface area contributed by atoms with Gasteiger partial charge in [0.2, 0.25) is 0 Å². The van der Waals surface area contributed by atoms with Gasteiger partial charge in [0.1, 0.15) is 5.82 Å². The number of hydrogen-bond donors (Lipinski definition) is 0. The van der Waals surface area contributed by atoms with Crippen LogP contribution in [0.3, 0.4) is 0 Å². The van der Waals surface area contributed by atoms with Gasteiger partial charge in [-0.2, -0.15) is 0 Å². The second-order valence-corrected chi connectivity index (χ2v) is 5.40. The van der Waals surface area contributed by atoms with E-state index in [1.165, 1.54) is 6.07 Å². The van der Waals surface area contributed by atoms with Crippen molar-refractivity contribution >= 4 is 35.7 Å². The zero-order valence-corrected chi connectivity index (χ0v) is 8.75. The van der Waals surface area contributed by atoms with Crippen molar-refractivity contribution in [3.63, 3.8) is 0 Å². The third-order valence-corrected chi connectivity index (χ3v) is 3.47. The summed E-state index contributed by atoms with van der Waals surface area (Å²) in [6.07, 6.45) is 0. The Morgan fingerprint density at radius 1 is 1.42 bits per heavy atom. The molecule has 0 radical (unpaired) electrons. The van der Waals surface area contributed by atoms with Gasteiger partial charge in [-0.25, -0.2) is 12.8 Å². The minimum Gasteiger partial charge on any atom is -0.207 e. The van der Waals surface area contributed by atoms with E-state index < -0.39 is 14.9 Å². The fourth-order valence-corrected chi connectivity index (χ4v) is 2.77. The van der Waals surface area contributed by atoms with Crippen molar-refractivity contribution in [1.82, 2.24) is 0 Å². The molecular formula is C6H3BrClFO2S. The maximum absolute atomic E-state index is 12.5. The monoisotopic (exact) mass is 272 g/mol. The topological polar surface area (TPSA) is 34.1 Å². The molecule has 1 aromatic carbocycles. The van der Waals surface area contributed by atoms with Gasteiger partial charge in [0, 0.05) is 15.2 Å². The summed E-state index contributed by atoms with van der Waals surface area (Å²) in [5.41, 5.74) is 0. The molecule has 0 aliphatic carbocycles. The van der Waals surface area contributed by atoms with Crippen LogP contribution in [0.5, 0.6) is 0 Å². The first-order valence-electron chi connectivity index (χ1n) is 2.81. The molecule has 0 aliphatic heterocycles. The van der Waals surface area contributed by atoms with Crippen molar-refractivity contribution in [2.24, 2.45) is 0 Å². The minimum absolute atomic E-state index is 0.249.